The van der Waals surface area contributed by atoms with Crippen molar-refractivity contribution < 1.29 is 24.2 Å². The molecule has 0 aliphatic heterocycles. The Hall–Kier alpha value is -2.60. The quantitative estimate of drug-likeness (QED) is 0.637. The van der Waals surface area contributed by atoms with Gasteiger partial charge in [0.05, 0.1) is 25.2 Å². The minimum atomic E-state index is -0.982. The third-order valence-corrected chi connectivity index (χ3v) is 4.00. The van der Waals surface area contributed by atoms with Gasteiger partial charge in [0.15, 0.2) is 0 Å². The van der Waals surface area contributed by atoms with Gasteiger partial charge in [-0.3, -0.25) is 9.59 Å². The smallest absolute Gasteiger partial charge is 0.305 e. The normalized spacial score (nSPS) is 13.2. The maximum atomic E-state index is 12.1. The van der Waals surface area contributed by atoms with Crippen LogP contribution in [-0.4, -0.2) is 42.8 Å². The largest absolute Gasteiger partial charge is 0.493 e. The summed E-state index contributed by atoms with van der Waals surface area (Å²) in [5, 5.41) is 13.9. The third kappa shape index (κ3) is 5.74. The summed E-state index contributed by atoms with van der Waals surface area (Å²) in [6, 6.07) is 13.8. The van der Waals surface area contributed by atoms with Crippen LogP contribution in [0.3, 0.4) is 0 Å². The molecule has 2 aromatic carbocycles. The maximum absolute atomic E-state index is 12.1. The lowest BCUT2D eigenvalue weighted by Gasteiger charge is -2.28. The van der Waals surface area contributed by atoms with E-state index in [9.17, 15) is 9.59 Å². The average Bonchev–Trinajstić information content (AvgIpc) is 2.58. The van der Waals surface area contributed by atoms with E-state index in [0.29, 0.717) is 13.0 Å². The van der Waals surface area contributed by atoms with E-state index < -0.39 is 11.5 Å². The molecule has 0 heterocycles. The molecule has 0 spiro atoms. The number of nitrogens with one attached hydrogen (secondary N) is 1. The number of rotatable bonds is 10. The Kier molecular flexibility index (Phi) is 6.97. The number of ether oxygens (including phenoxy) is 2. The van der Waals surface area contributed by atoms with Crippen LogP contribution in [0.2, 0.25) is 0 Å². The van der Waals surface area contributed by atoms with Gasteiger partial charge in [-0.2, -0.15) is 0 Å². The van der Waals surface area contributed by atoms with Gasteiger partial charge >= 0.3 is 5.97 Å². The molecule has 0 saturated carbocycles. The highest BCUT2D eigenvalue weighted by Gasteiger charge is 2.29. The zero-order valence-corrected chi connectivity index (χ0v) is 15.2. The molecule has 2 aromatic rings. The molecule has 1 atom stereocenters. The third-order valence-electron chi connectivity index (χ3n) is 4.00. The molecule has 26 heavy (non-hydrogen) atoms. The highest BCUT2D eigenvalue weighted by atomic mass is 16.5. The minimum absolute atomic E-state index is 0.136. The molecule has 2 N–H and O–H groups in total. The molecule has 0 saturated heterocycles. The summed E-state index contributed by atoms with van der Waals surface area (Å²) in [7, 11) is 1.48. The Morgan fingerprint density at radius 2 is 1.88 bits per heavy atom. The maximum Gasteiger partial charge on any atom is 0.305 e. The Labute approximate surface area is 153 Å². The summed E-state index contributed by atoms with van der Waals surface area (Å²) in [5.74, 6) is -0.407. The number of hydrogen-bond acceptors (Lipinski definition) is 4. The monoisotopic (exact) mass is 359 g/mol. The highest BCUT2D eigenvalue weighted by molar-refractivity contribution is 5.88. The Bertz CT molecular complexity index is 755. The van der Waals surface area contributed by atoms with Gasteiger partial charge in [0, 0.05) is 18.9 Å². The summed E-state index contributed by atoms with van der Waals surface area (Å²) in [6.45, 7) is 2.20. The summed E-state index contributed by atoms with van der Waals surface area (Å²) >= 11 is 0. The second-order valence-electron chi connectivity index (χ2n) is 6.54. The molecule has 2 rings (SSSR count). The van der Waals surface area contributed by atoms with Gasteiger partial charge in [0.2, 0.25) is 5.91 Å². The molecule has 0 fully saturated rings. The molecule has 6 heteroatoms. The number of fused-ring (bicyclic) bond motifs is 1. The van der Waals surface area contributed by atoms with E-state index in [1.54, 1.807) is 6.92 Å². The van der Waals surface area contributed by atoms with Gasteiger partial charge in [-0.1, -0.05) is 36.4 Å². The van der Waals surface area contributed by atoms with Gasteiger partial charge in [0.1, 0.15) is 5.75 Å². The molecule has 0 radical (unpaired) electrons. The number of carboxylic acids is 1. The second-order valence-corrected chi connectivity index (χ2v) is 6.54. The van der Waals surface area contributed by atoms with E-state index in [0.717, 1.165) is 16.5 Å². The van der Waals surface area contributed by atoms with Crippen LogP contribution >= 0.6 is 0 Å². The first-order chi connectivity index (χ1) is 12.4. The number of carboxylic acid groups (broad SMARTS) is 1. The number of benzene rings is 2. The van der Waals surface area contributed by atoms with Crippen LogP contribution in [0.1, 0.15) is 26.2 Å². The summed E-state index contributed by atoms with van der Waals surface area (Å²) in [6.07, 6.45) is 0.591. The van der Waals surface area contributed by atoms with Crippen molar-refractivity contribution >= 4 is 22.6 Å². The van der Waals surface area contributed by atoms with E-state index >= 15 is 0 Å². The molecule has 0 aromatic heterocycles. The molecule has 0 aliphatic carbocycles. The van der Waals surface area contributed by atoms with Crippen molar-refractivity contribution in [2.45, 2.75) is 31.7 Å². The zero-order valence-electron chi connectivity index (χ0n) is 15.2. The lowest BCUT2D eigenvalue weighted by Crippen LogP contribution is -2.50. The van der Waals surface area contributed by atoms with Crippen LogP contribution in [0, 0.1) is 0 Å². The Balaban J connectivity index is 1.83. The van der Waals surface area contributed by atoms with E-state index in [1.807, 2.05) is 42.5 Å². The molecule has 1 unspecified atom stereocenters. The standard InChI is InChI=1S/C20H25NO5/c1-20(14-25-2,13-19(23)24)21-18(22)11-6-12-26-17-10-5-8-15-7-3-4-9-16(15)17/h3-5,7-10H,6,11-14H2,1-2H3,(H,21,22)(H,23,24). The van der Waals surface area contributed by atoms with Crippen LogP contribution in [0.4, 0.5) is 0 Å². The van der Waals surface area contributed by atoms with Crippen molar-refractivity contribution in [3.63, 3.8) is 0 Å². The summed E-state index contributed by atoms with van der Waals surface area (Å²) in [5.41, 5.74) is -0.922. The van der Waals surface area contributed by atoms with Crippen LogP contribution in [-0.2, 0) is 14.3 Å². The lowest BCUT2D eigenvalue weighted by atomic mass is 9.98. The molecular formula is C20H25NO5. The fraction of sp³-hybridized carbons (Fsp3) is 0.400. The van der Waals surface area contributed by atoms with E-state index in [-0.39, 0.29) is 25.4 Å². The summed E-state index contributed by atoms with van der Waals surface area (Å²) in [4.78, 5) is 23.1. The fourth-order valence-electron chi connectivity index (χ4n) is 2.92. The van der Waals surface area contributed by atoms with Crippen molar-refractivity contribution in [1.29, 1.82) is 0 Å². The lowest BCUT2D eigenvalue weighted by molar-refractivity contribution is -0.139. The van der Waals surface area contributed by atoms with Gasteiger partial charge in [-0.15, -0.1) is 0 Å². The second kappa shape index (κ2) is 9.20. The molecule has 0 aliphatic rings. The van der Waals surface area contributed by atoms with Crippen molar-refractivity contribution in [3.05, 3.63) is 42.5 Å². The topological polar surface area (TPSA) is 84.9 Å². The molecular weight excluding hydrogens is 334 g/mol. The molecule has 140 valence electrons. The first-order valence-corrected chi connectivity index (χ1v) is 8.56. The van der Waals surface area contributed by atoms with Gasteiger partial charge in [-0.25, -0.2) is 0 Å². The van der Waals surface area contributed by atoms with Gasteiger partial charge < -0.3 is 19.9 Å². The van der Waals surface area contributed by atoms with Gasteiger partial charge in [-0.05, 0) is 24.8 Å². The van der Waals surface area contributed by atoms with E-state index in [1.165, 1.54) is 7.11 Å². The number of amides is 1. The number of hydrogen-bond donors (Lipinski definition) is 2. The SMILES string of the molecule is COCC(C)(CC(=O)O)NC(=O)CCCOc1cccc2ccccc12. The van der Waals surface area contributed by atoms with Crippen molar-refractivity contribution in [2.24, 2.45) is 0 Å². The minimum Gasteiger partial charge on any atom is -0.493 e. The number of methoxy groups -OCH3 is 1. The van der Waals surface area contributed by atoms with Crippen LogP contribution in [0.15, 0.2) is 42.5 Å². The van der Waals surface area contributed by atoms with Crippen LogP contribution < -0.4 is 10.1 Å². The van der Waals surface area contributed by atoms with E-state index in [4.69, 9.17) is 14.6 Å². The zero-order chi connectivity index (χ0) is 19.0. The highest BCUT2D eigenvalue weighted by Crippen LogP contribution is 2.25. The number of aliphatic carboxylic acids is 1. The Morgan fingerprint density at radius 3 is 2.62 bits per heavy atom. The first-order valence-electron chi connectivity index (χ1n) is 8.56. The van der Waals surface area contributed by atoms with Crippen LogP contribution in [0.25, 0.3) is 10.8 Å². The molecule has 1 amide bonds. The van der Waals surface area contributed by atoms with Crippen molar-refractivity contribution in [3.8, 4) is 5.75 Å². The Morgan fingerprint density at radius 1 is 1.15 bits per heavy atom. The number of carbonyl (C=O) groups is 2. The van der Waals surface area contributed by atoms with E-state index in [2.05, 4.69) is 5.32 Å². The van der Waals surface area contributed by atoms with Crippen LogP contribution in [0.5, 0.6) is 5.75 Å². The molecule has 0 bridgehead atoms. The molecule has 6 nitrogen and oxygen atoms in total. The predicted molar refractivity (Wildman–Crippen MR) is 99.4 cm³/mol. The van der Waals surface area contributed by atoms with Crippen molar-refractivity contribution in [1.82, 2.24) is 5.32 Å². The average molecular weight is 359 g/mol. The summed E-state index contributed by atoms with van der Waals surface area (Å²) < 4.78 is 10.8. The number of carbonyl (C=O) groups excluding carboxylic acids is 1. The first kappa shape index (κ1) is 19.7. The van der Waals surface area contributed by atoms with Gasteiger partial charge in [0.25, 0.3) is 0 Å². The fourth-order valence-corrected chi connectivity index (χ4v) is 2.92. The predicted octanol–water partition coefficient (Wildman–Crippen LogP) is 2.99. The van der Waals surface area contributed by atoms with Crippen molar-refractivity contribution in [2.75, 3.05) is 20.3 Å².